The Kier molecular flexibility index (Phi) is 3.93. The predicted octanol–water partition coefficient (Wildman–Crippen LogP) is 0.456. The summed E-state index contributed by atoms with van der Waals surface area (Å²) in [6, 6.07) is 4.02. The number of pyridine rings is 1. The van der Waals surface area contributed by atoms with Gasteiger partial charge in [0.15, 0.2) is 5.78 Å². The highest BCUT2D eigenvalue weighted by Crippen LogP contribution is 2.03. The Morgan fingerprint density at radius 1 is 1.47 bits per heavy atom. The number of aromatic nitrogens is 1. The van der Waals surface area contributed by atoms with E-state index in [2.05, 4.69) is 4.98 Å². The minimum absolute atomic E-state index is 0.102. The fourth-order valence-electron chi connectivity index (χ4n) is 1.07. The molecule has 0 saturated carbocycles. The van der Waals surface area contributed by atoms with E-state index in [1.54, 1.807) is 18.2 Å². The van der Waals surface area contributed by atoms with Gasteiger partial charge in [0.05, 0.1) is 0 Å². The quantitative estimate of drug-likeness (QED) is 0.685. The van der Waals surface area contributed by atoms with Gasteiger partial charge in [0.1, 0.15) is 11.7 Å². The predicted molar refractivity (Wildman–Crippen MR) is 53.4 cm³/mol. The maximum atomic E-state index is 11.5. The standard InChI is InChI=1S/C10H12N2O3/c11-7(10(14)15)4-5-9(13)8-3-1-2-6-12-8/h1-3,6-7H,4-5,11H2,(H,14,15)/t7-/m0/s1. The fraction of sp³-hybridized carbons (Fsp3) is 0.300. The van der Waals surface area contributed by atoms with Crippen molar-refractivity contribution in [1.29, 1.82) is 0 Å². The highest BCUT2D eigenvalue weighted by atomic mass is 16.4. The number of carboxylic acid groups (broad SMARTS) is 1. The van der Waals surface area contributed by atoms with Crippen LogP contribution < -0.4 is 5.73 Å². The summed E-state index contributed by atoms with van der Waals surface area (Å²) < 4.78 is 0. The summed E-state index contributed by atoms with van der Waals surface area (Å²) in [5, 5.41) is 8.51. The van der Waals surface area contributed by atoms with E-state index in [4.69, 9.17) is 10.8 Å². The number of aliphatic carboxylic acids is 1. The number of carbonyl (C=O) groups excluding carboxylic acids is 1. The molecule has 0 amide bonds. The van der Waals surface area contributed by atoms with Gasteiger partial charge in [-0.3, -0.25) is 14.6 Å². The van der Waals surface area contributed by atoms with E-state index in [9.17, 15) is 9.59 Å². The van der Waals surface area contributed by atoms with Crippen LogP contribution in [0, 0.1) is 0 Å². The van der Waals surface area contributed by atoms with Gasteiger partial charge in [-0.25, -0.2) is 0 Å². The molecular weight excluding hydrogens is 196 g/mol. The van der Waals surface area contributed by atoms with E-state index < -0.39 is 12.0 Å². The molecular formula is C10H12N2O3. The number of ketones is 1. The zero-order valence-corrected chi connectivity index (χ0v) is 8.09. The first-order valence-corrected chi connectivity index (χ1v) is 4.54. The van der Waals surface area contributed by atoms with Crippen LogP contribution in [0.4, 0.5) is 0 Å². The number of nitrogens with zero attached hydrogens (tertiary/aromatic N) is 1. The Hall–Kier alpha value is -1.75. The largest absolute Gasteiger partial charge is 0.480 e. The molecule has 15 heavy (non-hydrogen) atoms. The molecule has 0 aliphatic heterocycles. The van der Waals surface area contributed by atoms with Crippen LogP contribution in [0.5, 0.6) is 0 Å². The van der Waals surface area contributed by atoms with Crippen LogP contribution in [0.1, 0.15) is 23.3 Å². The third-order valence-electron chi connectivity index (χ3n) is 1.95. The highest BCUT2D eigenvalue weighted by Gasteiger charge is 2.14. The Balaban J connectivity index is 2.47. The first kappa shape index (κ1) is 11.3. The molecule has 0 saturated heterocycles. The van der Waals surface area contributed by atoms with Crippen LogP contribution in [0.15, 0.2) is 24.4 Å². The lowest BCUT2D eigenvalue weighted by Crippen LogP contribution is -2.30. The molecule has 1 aromatic rings. The average molecular weight is 208 g/mol. The van der Waals surface area contributed by atoms with Gasteiger partial charge in [-0.2, -0.15) is 0 Å². The second kappa shape index (κ2) is 5.21. The van der Waals surface area contributed by atoms with Crippen LogP contribution in [0.3, 0.4) is 0 Å². The van der Waals surface area contributed by atoms with Crippen molar-refractivity contribution in [2.24, 2.45) is 5.73 Å². The molecule has 0 radical (unpaired) electrons. The summed E-state index contributed by atoms with van der Waals surface area (Å²) in [6.07, 6.45) is 1.75. The van der Waals surface area contributed by atoms with Crippen molar-refractivity contribution in [3.63, 3.8) is 0 Å². The molecule has 0 aliphatic carbocycles. The van der Waals surface area contributed by atoms with Gasteiger partial charge < -0.3 is 10.8 Å². The molecule has 0 spiro atoms. The molecule has 80 valence electrons. The topological polar surface area (TPSA) is 93.3 Å². The lowest BCUT2D eigenvalue weighted by atomic mass is 10.1. The fourth-order valence-corrected chi connectivity index (χ4v) is 1.07. The van der Waals surface area contributed by atoms with Gasteiger partial charge in [-0.05, 0) is 18.6 Å². The molecule has 1 rings (SSSR count). The Morgan fingerprint density at radius 3 is 2.73 bits per heavy atom. The minimum Gasteiger partial charge on any atom is -0.480 e. The first-order chi connectivity index (χ1) is 7.11. The molecule has 1 heterocycles. The van der Waals surface area contributed by atoms with Crippen LogP contribution in [-0.2, 0) is 4.79 Å². The van der Waals surface area contributed by atoms with E-state index in [0.717, 1.165) is 0 Å². The smallest absolute Gasteiger partial charge is 0.320 e. The molecule has 0 bridgehead atoms. The van der Waals surface area contributed by atoms with E-state index >= 15 is 0 Å². The van der Waals surface area contributed by atoms with Gasteiger partial charge in [0, 0.05) is 12.6 Å². The van der Waals surface area contributed by atoms with Gasteiger partial charge in [0.2, 0.25) is 0 Å². The number of rotatable bonds is 5. The Morgan fingerprint density at radius 2 is 2.20 bits per heavy atom. The summed E-state index contributed by atoms with van der Waals surface area (Å²) >= 11 is 0. The second-order valence-corrected chi connectivity index (χ2v) is 3.12. The normalized spacial score (nSPS) is 12.1. The number of hydrogen-bond donors (Lipinski definition) is 2. The molecule has 0 fully saturated rings. The summed E-state index contributed by atoms with van der Waals surface area (Å²) in [5.41, 5.74) is 5.61. The molecule has 3 N–H and O–H groups in total. The average Bonchev–Trinajstić information content (AvgIpc) is 2.26. The Labute approximate surface area is 86.9 Å². The maximum Gasteiger partial charge on any atom is 0.320 e. The zero-order valence-electron chi connectivity index (χ0n) is 8.09. The van der Waals surface area contributed by atoms with Crippen LogP contribution in [0.2, 0.25) is 0 Å². The van der Waals surface area contributed by atoms with Gasteiger partial charge in [-0.1, -0.05) is 6.07 Å². The van der Waals surface area contributed by atoms with Crippen molar-refractivity contribution in [2.45, 2.75) is 18.9 Å². The summed E-state index contributed by atoms with van der Waals surface area (Å²) in [6.45, 7) is 0. The van der Waals surface area contributed by atoms with Crippen molar-refractivity contribution in [1.82, 2.24) is 4.98 Å². The van der Waals surface area contributed by atoms with Crippen LogP contribution >= 0.6 is 0 Å². The SMILES string of the molecule is N[C@@H](CCC(=O)c1ccccn1)C(=O)O. The number of nitrogens with two attached hydrogens (primary N) is 1. The maximum absolute atomic E-state index is 11.5. The monoisotopic (exact) mass is 208 g/mol. The summed E-state index contributed by atoms with van der Waals surface area (Å²) in [4.78, 5) is 25.7. The molecule has 1 atom stereocenters. The highest BCUT2D eigenvalue weighted by molar-refractivity contribution is 5.94. The minimum atomic E-state index is -1.09. The van der Waals surface area contributed by atoms with Crippen molar-refractivity contribution in [3.05, 3.63) is 30.1 Å². The third kappa shape index (κ3) is 3.47. The molecule has 0 aromatic carbocycles. The van der Waals surface area contributed by atoms with E-state index in [-0.39, 0.29) is 18.6 Å². The van der Waals surface area contributed by atoms with Gasteiger partial charge in [-0.15, -0.1) is 0 Å². The lowest BCUT2D eigenvalue weighted by molar-refractivity contribution is -0.138. The number of carboxylic acids is 1. The number of Topliss-reactive ketones (excluding diaryl/α,β-unsaturated/α-hetero) is 1. The number of hydrogen-bond acceptors (Lipinski definition) is 4. The zero-order chi connectivity index (χ0) is 11.3. The summed E-state index contributed by atoms with van der Waals surface area (Å²) in [7, 11) is 0. The van der Waals surface area contributed by atoms with Crippen LogP contribution in [0.25, 0.3) is 0 Å². The van der Waals surface area contributed by atoms with Crippen molar-refractivity contribution < 1.29 is 14.7 Å². The molecule has 0 unspecified atom stereocenters. The van der Waals surface area contributed by atoms with Crippen molar-refractivity contribution >= 4 is 11.8 Å². The van der Waals surface area contributed by atoms with Crippen molar-refractivity contribution in [2.75, 3.05) is 0 Å². The first-order valence-electron chi connectivity index (χ1n) is 4.54. The third-order valence-corrected chi connectivity index (χ3v) is 1.95. The van der Waals surface area contributed by atoms with E-state index in [1.165, 1.54) is 6.20 Å². The number of carbonyl (C=O) groups is 2. The van der Waals surface area contributed by atoms with Crippen molar-refractivity contribution in [3.8, 4) is 0 Å². The van der Waals surface area contributed by atoms with Gasteiger partial charge in [0.25, 0.3) is 0 Å². The summed E-state index contributed by atoms with van der Waals surface area (Å²) in [5.74, 6) is -1.28. The van der Waals surface area contributed by atoms with E-state index in [1.807, 2.05) is 0 Å². The molecule has 1 aromatic heterocycles. The molecule has 0 aliphatic rings. The van der Waals surface area contributed by atoms with Crippen LogP contribution in [-0.4, -0.2) is 27.9 Å². The lowest BCUT2D eigenvalue weighted by Gasteiger charge is -2.04. The van der Waals surface area contributed by atoms with E-state index in [0.29, 0.717) is 5.69 Å². The van der Waals surface area contributed by atoms with Gasteiger partial charge >= 0.3 is 5.97 Å². The molecule has 5 heteroatoms. The second-order valence-electron chi connectivity index (χ2n) is 3.12. The Bertz CT molecular complexity index is 351. The molecule has 5 nitrogen and oxygen atoms in total.